The van der Waals surface area contributed by atoms with Gasteiger partial charge in [0, 0.05) is 23.2 Å². The Bertz CT molecular complexity index is 634. The summed E-state index contributed by atoms with van der Waals surface area (Å²) in [5.74, 6) is -0.501. The van der Waals surface area contributed by atoms with E-state index in [1.807, 2.05) is 41.3 Å². The lowest BCUT2D eigenvalue weighted by Gasteiger charge is -2.32. The maximum atomic E-state index is 13.2. The highest BCUT2D eigenvalue weighted by Gasteiger charge is 2.36. The van der Waals surface area contributed by atoms with Crippen LogP contribution >= 0.6 is 15.9 Å². The molecule has 0 aliphatic heterocycles. The van der Waals surface area contributed by atoms with E-state index in [-0.39, 0.29) is 23.7 Å². The summed E-state index contributed by atoms with van der Waals surface area (Å²) in [6.45, 7) is 5.85. The normalized spacial score (nSPS) is 18.9. The van der Waals surface area contributed by atoms with Crippen LogP contribution in [0.2, 0.25) is 0 Å². The van der Waals surface area contributed by atoms with Crippen LogP contribution < -0.4 is 5.32 Å². The summed E-state index contributed by atoms with van der Waals surface area (Å²) < 4.78 is 0.969. The van der Waals surface area contributed by atoms with Crippen LogP contribution in [0.4, 0.5) is 5.69 Å². The molecule has 2 unspecified atom stereocenters. The number of nitrogens with zero attached hydrogens (tertiary/aromatic N) is 1. The number of amides is 2. The van der Waals surface area contributed by atoms with E-state index >= 15 is 0 Å². The van der Waals surface area contributed by atoms with Crippen molar-refractivity contribution in [3.05, 3.63) is 40.9 Å². The van der Waals surface area contributed by atoms with Crippen LogP contribution in [0.15, 0.2) is 40.9 Å². The van der Waals surface area contributed by atoms with E-state index in [0.29, 0.717) is 12.8 Å². The van der Waals surface area contributed by atoms with Crippen molar-refractivity contribution in [2.45, 2.75) is 52.4 Å². The predicted molar refractivity (Wildman–Crippen MR) is 115 cm³/mol. The number of unbranched alkanes of at least 4 members (excludes halogenated alkanes) is 2. The van der Waals surface area contributed by atoms with Crippen molar-refractivity contribution >= 4 is 33.4 Å². The standard InChI is InChI=1S/C22H31BrN2O2/c1-3-5-15-25(16-6-4-2)22(27)20-10-8-7-9-19(20)21(26)24-18-13-11-17(23)12-14-18/h7-8,11-14,19-20H,3-6,9-10,15-16H2,1-2H3,(H,24,26). The summed E-state index contributed by atoms with van der Waals surface area (Å²) >= 11 is 3.40. The predicted octanol–water partition coefficient (Wildman–Crippen LogP) is 5.40. The monoisotopic (exact) mass is 434 g/mol. The molecule has 4 nitrogen and oxygen atoms in total. The molecule has 2 amide bonds. The molecular formula is C22H31BrN2O2. The highest BCUT2D eigenvalue weighted by Crippen LogP contribution is 2.29. The summed E-state index contributed by atoms with van der Waals surface area (Å²) in [6.07, 6.45) is 9.48. The summed E-state index contributed by atoms with van der Waals surface area (Å²) in [7, 11) is 0. The van der Waals surface area contributed by atoms with Gasteiger partial charge in [-0.1, -0.05) is 54.8 Å². The maximum absolute atomic E-state index is 13.2. The Morgan fingerprint density at radius 1 is 1.00 bits per heavy atom. The van der Waals surface area contributed by atoms with Crippen molar-refractivity contribution in [1.29, 1.82) is 0 Å². The van der Waals surface area contributed by atoms with Crippen LogP contribution in [0.25, 0.3) is 0 Å². The Hall–Kier alpha value is -1.62. The third-order valence-electron chi connectivity index (χ3n) is 5.07. The molecule has 2 atom stereocenters. The summed E-state index contributed by atoms with van der Waals surface area (Å²) in [6, 6.07) is 7.53. The van der Waals surface area contributed by atoms with Gasteiger partial charge >= 0.3 is 0 Å². The molecule has 27 heavy (non-hydrogen) atoms. The molecule has 1 aromatic carbocycles. The SMILES string of the molecule is CCCCN(CCCC)C(=O)C1CC=CCC1C(=O)Nc1ccc(Br)cc1. The number of nitrogens with one attached hydrogen (secondary N) is 1. The van der Waals surface area contributed by atoms with Crippen LogP contribution in [0.3, 0.4) is 0 Å². The molecule has 1 aliphatic carbocycles. The van der Waals surface area contributed by atoms with Gasteiger partial charge in [-0.3, -0.25) is 9.59 Å². The first-order valence-corrected chi connectivity index (χ1v) is 10.9. The van der Waals surface area contributed by atoms with Gasteiger partial charge in [0.1, 0.15) is 0 Å². The average Bonchev–Trinajstić information content (AvgIpc) is 2.69. The minimum absolute atomic E-state index is 0.0639. The number of carbonyl (C=O) groups is 2. The molecule has 0 saturated heterocycles. The van der Waals surface area contributed by atoms with E-state index in [2.05, 4.69) is 35.1 Å². The van der Waals surface area contributed by atoms with E-state index < -0.39 is 0 Å². The molecule has 1 aromatic rings. The van der Waals surface area contributed by atoms with Gasteiger partial charge in [-0.25, -0.2) is 0 Å². The van der Waals surface area contributed by atoms with Gasteiger partial charge in [0.15, 0.2) is 0 Å². The molecule has 0 radical (unpaired) electrons. The number of carbonyl (C=O) groups excluding carboxylic acids is 2. The highest BCUT2D eigenvalue weighted by atomic mass is 79.9. The number of halogens is 1. The van der Waals surface area contributed by atoms with Crippen molar-refractivity contribution in [1.82, 2.24) is 4.90 Å². The molecule has 1 aliphatic rings. The molecular weight excluding hydrogens is 404 g/mol. The molecule has 0 fully saturated rings. The van der Waals surface area contributed by atoms with Gasteiger partial charge in [-0.05, 0) is 49.9 Å². The Labute approximate surface area is 171 Å². The zero-order chi connectivity index (χ0) is 19.6. The molecule has 0 aromatic heterocycles. The molecule has 0 spiro atoms. The zero-order valence-corrected chi connectivity index (χ0v) is 18.0. The summed E-state index contributed by atoms with van der Waals surface area (Å²) in [5.41, 5.74) is 0.762. The second-order valence-corrected chi connectivity index (χ2v) is 8.10. The van der Waals surface area contributed by atoms with Crippen LogP contribution in [0.5, 0.6) is 0 Å². The Kier molecular flexibility index (Phi) is 9.05. The summed E-state index contributed by atoms with van der Waals surface area (Å²) in [4.78, 5) is 28.1. The average molecular weight is 435 g/mol. The van der Waals surface area contributed by atoms with Crippen molar-refractivity contribution < 1.29 is 9.59 Å². The van der Waals surface area contributed by atoms with Crippen LogP contribution in [0.1, 0.15) is 52.4 Å². The fourth-order valence-electron chi connectivity index (χ4n) is 3.41. The van der Waals surface area contributed by atoms with Gasteiger partial charge in [0.05, 0.1) is 11.8 Å². The van der Waals surface area contributed by atoms with Gasteiger partial charge < -0.3 is 10.2 Å². The molecule has 1 N–H and O–H groups in total. The van der Waals surface area contributed by atoms with Gasteiger partial charge in [0.2, 0.25) is 11.8 Å². The van der Waals surface area contributed by atoms with E-state index in [4.69, 9.17) is 0 Å². The second kappa shape index (κ2) is 11.3. The van der Waals surface area contributed by atoms with Gasteiger partial charge in [-0.15, -0.1) is 0 Å². The van der Waals surface area contributed by atoms with Gasteiger partial charge in [-0.2, -0.15) is 0 Å². The zero-order valence-electron chi connectivity index (χ0n) is 16.4. The fourth-order valence-corrected chi connectivity index (χ4v) is 3.67. The van der Waals surface area contributed by atoms with Gasteiger partial charge in [0.25, 0.3) is 0 Å². The van der Waals surface area contributed by atoms with Crippen LogP contribution in [0, 0.1) is 11.8 Å². The maximum Gasteiger partial charge on any atom is 0.228 e. The lowest BCUT2D eigenvalue weighted by molar-refractivity contribution is -0.141. The minimum atomic E-state index is -0.308. The first-order valence-electron chi connectivity index (χ1n) is 10.1. The number of rotatable bonds is 9. The first kappa shape index (κ1) is 21.7. The van der Waals surface area contributed by atoms with Crippen LogP contribution in [-0.2, 0) is 9.59 Å². The molecule has 0 bridgehead atoms. The Morgan fingerprint density at radius 2 is 1.56 bits per heavy atom. The number of anilines is 1. The number of allylic oxidation sites excluding steroid dienone is 2. The van der Waals surface area contributed by atoms with E-state index in [1.54, 1.807) is 0 Å². The number of hydrogen-bond acceptors (Lipinski definition) is 2. The lowest BCUT2D eigenvalue weighted by Crippen LogP contribution is -2.43. The van der Waals surface area contributed by atoms with Crippen LogP contribution in [-0.4, -0.2) is 29.8 Å². The van der Waals surface area contributed by atoms with Crippen molar-refractivity contribution in [3.8, 4) is 0 Å². The number of hydrogen-bond donors (Lipinski definition) is 1. The van der Waals surface area contributed by atoms with Crippen molar-refractivity contribution in [2.75, 3.05) is 18.4 Å². The minimum Gasteiger partial charge on any atom is -0.342 e. The fraction of sp³-hybridized carbons (Fsp3) is 0.545. The Morgan fingerprint density at radius 3 is 2.11 bits per heavy atom. The third kappa shape index (κ3) is 6.49. The van der Waals surface area contributed by atoms with E-state index in [9.17, 15) is 9.59 Å². The third-order valence-corrected chi connectivity index (χ3v) is 5.60. The largest absolute Gasteiger partial charge is 0.342 e. The quantitative estimate of drug-likeness (QED) is 0.528. The topological polar surface area (TPSA) is 49.4 Å². The molecule has 148 valence electrons. The van der Waals surface area contributed by atoms with Crippen molar-refractivity contribution in [3.63, 3.8) is 0 Å². The van der Waals surface area contributed by atoms with Crippen molar-refractivity contribution in [2.24, 2.45) is 11.8 Å². The van der Waals surface area contributed by atoms with E-state index in [0.717, 1.165) is 48.9 Å². The second-order valence-electron chi connectivity index (χ2n) is 7.18. The molecule has 2 rings (SSSR count). The highest BCUT2D eigenvalue weighted by molar-refractivity contribution is 9.10. The first-order chi connectivity index (χ1) is 13.1. The molecule has 0 saturated carbocycles. The molecule has 0 heterocycles. The number of benzene rings is 1. The summed E-state index contributed by atoms with van der Waals surface area (Å²) in [5, 5.41) is 2.98. The van der Waals surface area contributed by atoms with E-state index in [1.165, 1.54) is 0 Å². The lowest BCUT2D eigenvalue weighted by atomic mass is 9.81. The Balaban J connectivity index is 2.09. The smallest absolute Gasteiger partial charge is 0.228 e. The molecule has 5 heteroatoms.